The van der Waals surface area contributed by atoms with Crippen molar-refractivity contribution in [3.05, 3.63) is 137 Å². The van der Waals surface area contributed by atoms with Gasteiger partial charge in [0.1, 0.15) is 12.6 Å². The van der Waals surface area contributed by atoms with Gasteiger partial charge in [0.05, 0.1) is 18.1 Å². The fourth-order valence-corrected chi connectivity index (χ4v) is 8.76. The van der Waals surface area contributed by atoms with Crippen LogP contribution >= 0.6 is 0 Å². The van der Waals surface area contributed by atoms with Gasteiger partial charge in [-0.3, -0.25) is 35.2 Å². The number of benzene rings is 4. The number of Topliss-reactive ketones (excluding diaryl/α,β-unsaturated/α-hetero) is 1. The largest absolute Gasteiger partial charge is 0.479 e. The molecule has 19 nitrogen and oxygen atoms in total. The number of nitrogens with one attached hydrogen (secondary N) is 4. The highest BCUT2D eigenvalue weighted by atomic mass is 32.2. The predicted molar refractivity (Wildman–Crippen MR) is 252 cm³/mol. The Labute approximate surface area is 400 Å². The second-order valence-corrected chi connectivity index (χ2v) is 18.2. The molecule has 9 N–H and O–H groups in total. The summed E-state index contributed by atoms with van der Waals surface area (Å²) in [7, 11) is -4.17. The van der Waals surface area contributed by atoms with Gasteiger partial charge in [0, 0.05) is 6.54 Å². The predicted octanol–water partition coefficient (Wildman–Crippen LogP) is 3.02. The summed E-state index contributed by atoms with van der Waals surface area (Å²) in [5.74, 6) is -10.4. The highest BCUT2D eigenvalue weighted by molar-refractivity contribution is 7.90. The van der Waals surface area contributed by atoms with Crippen molar-refractivity contribution in [2.24, 2.45) is 17.4 Å². The van der Waals surface area contributed by atoms with E-state index in [0.717, 1.165) is 11.1 Å². The van der Waals surface area contributed by atoms with Crippen molar-refractivity contribution >= 4 is 51.4 Å². The summed E-state index contributed by atoms with van der Waals surface area (Å²) in [6.07, 6.45) is -1.85. The van der Waals surface area contributed by atoms with Crippen LogP contribution in [-0.4, -0.2) is 96.8 Å². The van der Waals surface area contributed by atoms with E-state index in [1.807, 2.05) is 6.92 Å². The minimum absolute atomic E-state index is 0.00430. The highest BCUT2D eigenvalue weighted by Crippen LogP contribution is 2.32. The fourth-order valence-electron chi connectivity index (χ4n) is 7.51. The van der Waals surface area contributed by atoms with Crippen molar-refractivity contribution in [1.29, 1.82) is 5.41 Å². The Bertz CT molecular complexity index is 2570. The van der Waals surface area contributed by atoms with E-state index in [1.165, 1.54) is 6.07 Å². The lowest BCUT2D eigenvalue weighted by Gasteiger charge is -2.43. The summed E-state index contributed by atoms with van der Waals surface area (Å²) in [5.41, 5.74) is 13.9. The number of nitrogens with zero attached hydrogens (tertiary/aromatic N) is 1. The van der Waals surface area contributed by atoms with Gasteiger partial charge >= 0.3 is 11.9 Å². The molecule has 0 radical (unpaired) electrons. The molecule has 0 saturated carbocycles. The van der Waals surface area contributed by atoms with Crippen molar-refractivity contribution in [2.45, 2.75) is 102 Å². The monoisotopic (exact) mass is 969 g/mol. The lowest BCUT2D eigenvalue weighted by atomic mass is 9.83. The summed E-state index contributed by atoms with van der Waals surface area (Å²) >= 11 is 0. The number of aliphatic carboxylic acids is 1. The first kappa shape index (κ1) is 53.1. The first-order valence-electron chi connectivity index (χ1n) is 22.3. The number of nitrogens with two attached hydrogens (primary N) is 2. The Hall–Kier alpha value is -6.84. The van der Waals surface area contributed by atoms with E-state index in [4.69, 9.17) is 31.1 Å². The number of carbonyl (C=O) groups is 6. The molecule has 69 heavy (non-hydrogen) atoms. The molecule has 1 saturated heterocycles. The number of aryl methyl sites for hydroxylation is 1. The lowest BCUT2D eigenvalue weighted by Crippen LogP contribution is -2.73. The molecule has 0 bridgehead atoms. The molecule has 368 valence electrons. The van der Waals surface area contributed by atoms with E-state index < -0.39 is 81.3 Å². The zero-order valence-corrected chi connectivity index (χ0v) is 39.5. The molecule has 4 aromatic carbocycles. The number of esters is 1. The SMILES string of the molecule is Cc1ccc(S(=O)(=O)NC(=N)NCCC[C@@](N)(OCc2ccccc2)C(=O)C2C(=O)N([C@H](C(=O)N[C@@H](CCCCN)C(=O)OCc3ccccc3)C(OCc3ccccc3)C(=O)O)C2=O)c(C)c1C. The standard InChI is InChI=1S/C49H59N7O12S/c1-31-23-24-38(33(3)32(31)2)69(64,65)55-48(51)53-27-15-25-49(52,68-30-36-20-11-6-12-21-36)42(57)39-44(59)56(45(39)60)40(41(46(61)62)66-28-34-16-7-4-8-17-34)43(58)54-37(22-13-14-26-50)47(63)67-29-35-18-9-5-10-19-35/h4-12,16-21,23-24,37,39-41H,13-15,22,25-30,50,52H2,1-3H3,(H,54,58)(H,61,62)(H3,51,53,55)/t37-,40-,41?,49+/m0/s1. The van der Waals surface area contributed by atoms with Gasteiger partial charge in [0.15, 0.2) is 23.8 Å². The number of unbranched alkanes of at least 4 members (excludes halogenated alkanes) is 1. The maximum absolute atomic E-state index is 14.4. The smallest absolute Gasteiger partial charge is 0.335 e. The molecule has 1 heterocycles. The van der Waals surface area contributed by atoms with Gasteiger partial charge in [-0.05, 0) is 98.9 Å². The van der Waals surface area contributed by atoms with Gasteiger partial charge in [-0.1, -0.05) is 97.1 Å². The Morgan fingerprint density at radius 3 is 1.93 bits per heavy atom. The zero-order valence-electron chi connectivity index (χ0n) is 38.6. The van der Waals surface area contributed by atoms with E-state index in [2.05, 4.69) is 15.4 Å². The number of sulfonamides is 1. The van der Waals surface area contributed by atoms with Crippen molar-refractivity contribution in [3.8, 4) is 0 Å². The molecule has 0 aromatic heterocycles. The number of amides is 3. The number of carboxylic acid groups (broad SMARTS) is 1. The van der Waals surface area contributed by atoms with E-state index in [9.17, 15) is 42.3 Å². The molecule has 5 rings (SSSR count). The molecule has 4 atom stereocenters. The molecular weight excluding hydrogens is 911 g/mol. The molecule has 4 aromatic rings. The molecule has 1 fully saturated rings. The van der Waals surface area contributed by atoms with Crippen LogP contribution in [0, 0.1) is 32.1 Å². The minimum atomic E-state index is -4.17. The highest BCUT2D eigenvalue weighted by Gasteiger charge is 2.61. The Kier molecular flexibility index (Phi) is 18.8. The Morgan fingerprint density at radius 1 is 0.797 bits per heavy atom. The van der Waals surface area contributed by atoms with Crippen LogP contribution in [0.3, 0.4) is 0 Å². The molecular formula is C49H59N7O12S. The molecule has 0 spiro atoms. The average Bonchev–Trinajstić information content (AvgIpc) is 3.33. The van der Waals surface area contributed by atoms with E-state index >= 15 is 0 Å². The summed E-state index contributed by atoms with van der Waals surface area (Å²) in [4.78, 5) is 84.0. The third-order valence-corrected chi connectivity index (χ3v) is 13.2. The van der Waals surface area contributed by atoms with Crippen LogP contribution in [0.2, 0.25) is 0 Å². The quantitative estimate of drug-likeness (QED) is 0.00905. The summed E-state index contributed by atoms with van der Waals surface area (Å²) < 4.78 is 45.7. The number of ketones is 1. The number of imide groups is 1. The van der Waals surface area contributed by atoms with Crippen LogP contribution in [-0.2, 0) is 72.8 Å². The number of carbonyl (C=O) groups excluding carboxylic acids is 5. The molecule has 1 aliphatic heterocycles. The molecule has 20 heteroatoms. The number of β-lactam (4-membered cyclic amide) rings is 2. The fraction of sp³-hybridized carbons (Fsp3) is 0.367. The number of hydrogen-bond acceptors (Lipinski definition) is 14. The van der Waals surface area contributed by atoms with Gasteiger partial charge in [-0.15, -0.1) is 0 Å². The first-order valence-corrected chi connectivity index (χ1v) is 23.8. The second kappa shape index (κ2) is 24.4. The van der Waals surface area contributed by atoms with Crippen LogP contribution in [0.15, 0.2) is 108 Å². The van der Waals surface area contributed by atoms with E-state index in [0.29, 0.717) is 40.0 Å². The molecule has 0 aliphatic carbocycles. The van der Waals surface area contributed by atoms with Gasteiger partial charge in [0.25, 0.3) is 10.0 Å². The first-order chi connectivity index (χ1) is 32.9. The number of carboxylic acids is 1. The third-order valence-electron chi connectivity index (χ3n) is 11.7. The lowest BCUT2D eigenvalue weighted by molar-refractivity contribution is -0.186. The second-order valence-electron chi connectivity index (χ2n) is 16.6. The maximum Gasteiger partial charge on any atom is 0.335 e. The summed E-state index contributed by atoms with van der Waals surface area (Å²) in [6, 6.07) is 25.0. The van der Waals surface area contributed by atoms with Gasteiger partial charge in [-0.2, -0.15) is 0 Å². The molecule has 1 unspecified atom stereocenters. The van der Waals surface area contributed by atoms with Crippen molar-refractivity contribution in [3.63, 3.8) is 0 Å². The summed E-state index contributed by atoms with van der Waals surface area (Å²) in [6.45, 7) is 4.63. The van der Waals surface area contributed by atoms with Crippen LogP contribution in [0.25, 0.3) is 0 Å². The number of likely N-dealkylation sites (tertiary alicyclic amines) is 1. The van der Waals surface area contributed by atoms with E-state index in [1.54, 1.807) is 111 Å². The Balaban J connectivity index is 1.37. The number of hydrogen-bond donors (Lipinski definition) is 7. The number of rotatable bonds is 26. The Morgan fingerprint density at radius 2 is 1.36 bits per heavy atom. The number of ether oxygens (including phenoxy) is 3. The maximum atomic E-state index is 14.4. The van der Waals surface area contributed by atoms with E-state index in [-0.39, 0.29) is 57.1 Å². The topological polar surface area (TPSA) is 300 Å². The van der Waals surface area contributed by atoms with Crippen molar-refractivity contribution in [1.82, 2.24) is 20.3 Å². The zero-order chi connectivity index (χ0) is 50.3. The minimum Gasteiger partial charge on any atom is -0.479 e. The normalized spacial score (nSPS) is 14.9. The molecule has 3 amide bonds. The van der Waals surface area contributed by atoms with Crippen LogP contribution in [0.1, 0.15) is 65.5 Å². The van der Waals surface area contributed by atoms with Crippen LogP contribution in [0.4, 0.5) is 0 Å². The van der Waals surface area contributed by atoms with Crippen molar-refractivity contribution in [2.75, 3.05) is 13.1 Å². The average molecular weight is 970 g/mol. The number of guanidine groups is 1. The van der Waals surface area contributed by atoms with Crippen molar-refractivity contribution < 1.29 is 56.5 Å². The molecule has 1 aliphatic rings. The van der Waals surface area contributed by atoms with Gasteiger partial charge in [-0.25, -0.2) is 22.7 Å². The van der Waals surface area contributed by atoms with Crippen LogP contribution in [0.5, 0.6) is 0 Å². The van der Waals surface area contributed by atoms with Gasteiger partial charge in [0.2, 0.25) is 29.5 Å². The van der Waals surface area contributed by atoms with Crippen LogP contribution < -0.4 is 26.8 Å². The van der Waals surface area contributed by atoms with Gasteiger partial charge < -0.3 is 35.7 Å². The summed E-state index contributed by atoms with van der Waals surface area (Å²) in [5, 5.41) is 23.9. The third kappa shape index (κ3) is 13.9.